The summed E-state index contributed by atoms with van der Waals surface area (Å²) in [7, 11) is 0. The highest BCUT2D eigenvalue weighted by Gasteiger charge is 2.15. The third-order valence-electron chi connectivity index (χ3n) is 4.46. The Bertz CT molecular complexity index is 844. The van der Waals surface area contributed by atoms with Crippen LogP contribution in [0, 0.1) is 6.92 Å². The SMILES string of the molecule is CCC(CCNc1nc2ccc(C)cc2cc1C(=O)N=C(C)N)NC[C@@H](C)O. The van der Waals surface area contributed by atoms with Crippen molar-refractivity contribution in [3.8, 4) is 0 Å². The van der Waals surface area contributed by atoms with Gasteiger partial charge in [-0.15, -0.1) is 0 Å². The number of aliphatic hydroxyl groups is 1. The fourth-order valence-electron chi connectivity index (χ4n) is 2.97. The zero-order valence-corrected chi connectivity index (χ0v) is 17.1. The highest BCUT2D eigenvalue weighted by Crippen LogP contribution is 2.22. The number of hydrogen-bond donors (Lipinski definition) is 4. The standard InChI is InChI=1S/C21H31N5O2/c1-5-17(24-12-14(3)27)8-9-23-20-18(21(28)25-15(4)22)11-16-10-13(2)6-7-19(16)26-20/h6-7,10-11,14,17,24,27H,5,8-9,12H2,1-4H3,(H,23,26)(H2,22,25,28)/t14-,17?/m1/s1. The largest absolute Gasteiger partial charge is 0.392 e. The van der Waals surface area contributed by atoms with Crippen molar-refractivity contribution in [2.24, 2.45) is 10.7 Å². The van der Waals surface area contributed by atoms with Gasteiger partial charge in [0.05, 0.1) is 17.2 Å². The maximum Gasteiger partial charge on any atom is 0.282 e. The summed E-state index contributed by atoms with van der Waals surface area (Å²) in [6, 6.07) is 8.02. The van der Waals surface area contributed by atoms with Crippen molar-refractivity contribution in [2.75, 3.05) is 18.4 Å². The van der Waals surface area contributed by atoms with E-state index in [1.54, 1.807) is 13.8 Å². The number of aromatic nitrogens is 1. The van der Waals surface area contributed by atoms with Gasteiger partial charge in [0.1, 0.15) is 11.7 Å². The molecule has 0 fully saturated rings. The van der Waals surface area contributed by atoms with Gasteiger partial charge in [0.15, 0.2) is 0 Å². The number of amides is 1. The Kier molecular flexibility index (Phi) is 7.90. The number of anilines is 1. The molecule has 1 unspecified atom stereocenters. The van der Waals surface area contributed by atoms with Gasteiger partial charge < -0.3 is 21.5 Å². The van der Waals surface area contributed by atoms with Crippen LogP contribution in [0.2, 0.25) is 0 Å². The van der Waals surface area contributed by atoms with E-state index < -0.39 is 5.91 Å². The average Bonchev–Trinajstić information content (AvgIpc) is 2.63. The van der Waals surface area contributed by atoms with Gasteiger partial charge in [-0.2, -0.15) is 4.99 Å². The van der Waals surface area contributed by atoms with Crippen molar-refractivity contribution in [3.05, 3.63) is 35.4 Å². The lowest BCUT2D eigenvalue weighted by Crippen LogP contribution is -2.35. The van der Waals surface area contributed by atoms with Gasteiger partial charge in [-0.25, -0.2) is 4.98 Å². The average molecular weight is 386 g/mol. The lowest BCUT2D eigenvalue weighted by Gasteiger charge is -2.19. The number of carbonyl (C=O) groups is 1. The molecule has 0 spiro atoms. The van der Waals surface area contributed by atoms with Crippen LogP contribution in [-0.2, 0) is 0 Å². The van der Waals surface area contributed by atoms with Gasteiger partial charge in [-0.05, 0) is 51.8 Å². The number of nitrogens with zero attached hydrogens (tertiary/aromatic N) is 2. The third-order valence-corrected chi connectivity index (χ3v) is 4.46. The second kappa shape index (κ2) is 10.1. The molecule has 0 aliphatic heterocycles. The van der Waals surface area contributed by atoms with E-state index in [0.717, 1.165) is 29.3 Å². The molecule has 5 N–H and O–H groups in total. The number of aryl methyl sites for hydroxylation is 1. The zero-order chi connectivity index (χ0) is 20.7. The number of nitrogens with one attached hydrogen (secondary N) is 2. The van der Waals surface area contributed by atoms with Gasteiger partial charge in [0.2, 0.25) is 0 Å². The normalized spacial score (nSPS) is 14.1. The monoisotopic (exact) mass is 385 g/mol. The molecular weight excluding hydrogens is 354 g/mol. The van der Waals surface area contributed by atoms with Crippen LogP contribution in [-0.4, -0.2) is 47.1 Å². The number of aliphatic hydroxyl groups excluding tert-OH is 1. The van der Waals surface area contributed by atoms with Crippen LogP contribution in [0.3, 0.4) is 0 Å². The Balaban J connectivity index is 2.22. The molecular formula is C21H31N5O2. The Morgan fingerprint density at radius 2 is 2.11 bits per heavy atom. The van der Waals surface area contributed by atoms with Crippen molar-refractivity contribution < 1.29 is 9.90 Å². The summed E-state index contributed by atoms with van der Waals surface area (Å²) < 4.78 is 0. The first-order valence-corrected chi connectivity index (χ1v) is 9.72. The van der Waals surface area contributed by atoms with Crippen LogP contribution in [0.5, 0.6) is 0 Å². The first-order chi connectivity index (χ1) is 13.3. The van der Waals surface area contributed by atoms with E-state index in [1.807, 2.05) is 31.2 Å². The smallest absolute Gasteiger partial charge is 0.282 e. The molecule has 2 aromatic rings. The molecule has 0 bridgehead atoms. The Morgan fingerprint density at radius 3 is 2.75 bits per heavy atom. The van der Waals surface area contributed by atoms with Crippen LogP contribution >= 0.6 is 0 Å². The number of pyridine rings is 1. The second-order valence-electron chi connectivity index (χ2n) is 7.22. The second-order valence-corrected chi connectivity index (χ2v) is 7.22. The van der Waals surface area contributed by atoms with Gasteiger partial charge in [0.25, 0.3) is 5.91 Å². The first-order valence-electron chi connectivity index (χ1n) is 9.72. The molecule has 1 aromatic carbocycles. The summed E-state index contributed by atoms with van der Waals surface area (Å²) in [5, 5.41) is 17.0. The van der Waals surface area contributed by atoms with Crippen LogP contribution in [0.25, 0.3) is 10.9 Å². The Morgan fingerprint density at radius 1 is 1.36 bits per heavy atom. The molecule has 0 saturated heterocycles. The summed E-state index contributed by atoms with van der Waals surface area (Å²) in [6.45, 7) is 8.64. The van der Waals surface area contributed by atoms with Crippen LogP contribution in [0.1, 0.15) is 49.5 Å². The third kappa shape index (κ3) is 6.28. The number of fused-ring (bicyclic) bond motifs is 1. The fourth-order valence-corrected chi connectivity index (χ4v) is 2.97. The summed E-state index contributed by atoms with van der Waals surface area (Å²) in [5.74, 6) is 0.322. The van der Waals surface area contributed by atoms with E-state index in [0.29, 0.717) is 24.5 Å². The van der Waals surface area contributed by atoms with Crippen molar-refractivity contribution in [3.63, 3.8) is 0 Å². The summed E-state index contributed by atoms with van der Waals surface area (Å²) in [6.07, 6.45) is 1.40. The van der Waals surface area contributed by atoms with Crippen LogP contribution in [0.4, 0.5) is 5.82 Å². The molecule has 0 saturated carbocycles. The molecule has 2 atom stereocenters. The lowest BCUT2D eigenvalue weighted by molar-refractivity contribution is 0.100. The van der Waals surface area contributed by atoms with Gasteiger partial charge >= 0.3 is 0 Å². The van der Waals surface area contributed by atoms with Gasteiger partial charge in [0, 0.05) is 24.5 Å². The summed E-state index contributed by atoms with van der Waals surface area (Å²) in [4.78, 5) is 21.1. The zero-order valence-electron chi connectivity index (χ0n) is 17.1. The summed E-state index contributed by atoms with van der Waals surface area (Å²) in [5.41, 5.74) is 7.92. The van der Waals surface area contributed by atoms with E-state index in [9.17, 15) is 9.90 Å². The minimum absolute atomic E-state index is 0.216. The molecule has 7 heteroatoms. The number of amidine groups is 1. The number of nitrogens with two attached hydrogens (primary N) is 1. The van der Waals surface area contributed by atoms with E-state index in [2.05, 4.69) is 27.5 Å². The predicted octanol–water partition coefficient (Wildman–Crippen LogP) is 2.61. The minimum atomic E-state index is -0.405. The maximum absolute atomic E-state index is 12.5. The number of hydrogen-bond acceptors (Lipinski definition) is 5. The molecule has 0 aliphatic carbocycles. The number of aliphatic imine (C=N–C) groups is 1. The minimum Gasteiger partial charge on any atom is -0.392 e. The van der Waals surface area contributed by atoms with E-state index in [4.69, 9.17) is 5.73 Å². The van der Waals surface area contributed by atoms with Crippen molar-refractivity contribution >= 4 is 28.5 Å². The highest BCUT2D eigenvalue weighted by atomic mass is 16.3. The topological polar surface area (TPSA) is 113 Å². The van der Waals surface area contributed by atoms with E-state index in [-0.39, 0.29) is 18.0 Å². The molecule has 1 amide bonds. The van der Waals surface area contributed by atoms with Crippen molar-refractivity contribution in [1.82, 2.24) is 10.3 Å². The predicted molar refractivity (Wildman–Crippen MR) is 115 cm³/mol. The van der Waals surface area contributed by atoms with Gasteiger partial charge in [-0.1, -0.05) is 18.6 Å². The number of benzene rings is 1. The van der Waals surface area contributed by atoms with E-state index in [1.165, 1.54) is 0 Å². The number of carbonyl (C=O) groups excluding carboxylic acids is 1. The summed E-state index contributed by atoms with van der Waals surface area (Å²) >= 11 is 0. The maximum atomic E-state index is 12.5. The molecule has 0 radical (unpaired) electrons. The molecule has 0 aliphatic rings. The lowest BCUT2D eigenvalue weighted by atomic mass is 10.1. The Hall–Kier alpha value is -2.51. The highest BCUT2D eigenvalue weighted by molar-refractivity contribution is 6.07. The Labute approximate surface area is 166 Å². The molecule has 152 valence electrons. The fraction of sp³-hybridized carbons (Fsp3) is 0.476. The van der Waals surface area contributed by atoms with E-state index >= 15 is 0 Å². The number of rotatable bonds is 9. The molecule has 2 rings (SSSR count). The molecule has 1 aromatic heterocycles. The first kappa shape index (κ1) is 21.8. The van der Waals surface area contributed by atoms with Gasteiger partial charge in [-0.3, -0.25) is 4.79 Å². The quantitative estimate of drug-likeness (QED) is 0.390. The van der Waals surface area contributed by atoms with Crippen LogP contribution in [0.15, 0.2) is 29.3 Å². The molecule has 28 heavy (non-hydrogen) atoms. The van der Waals surface area contributed by atoms with Crippen molar-refractivity contribution in [1.29, 1.82) is 0 Å². The molecule has 7 nitrogen and oxygen atoms in total. The van der Waals surface area contributed by atoms with Crippen LogP contribution < -0.4 is 16.4 Å². The molecule has 1 heterocycles. The van der Waals surface area contributed by atoms with Crippen molar-refractivity contribution in [2.45, 2.75) is 52.7 Å².